The third kappa shape index (κ3) is 3.88. The van der Waals surface area contributed by atoms with Crippen LogP contribution in [0.15, 0.2) is 36.5 Å². The van der Waals surface area contributed by atoms with Gasteiger partial charge in [-0.05, 0) is 31.5 Å². The first kappa shape index (κ1) is 16.5. The van der Waals surface area contributed by atoms with Crippen molar-refractivity contribution in [1.82, 2.24) is 9.78 Å². The van der Waals surface area contributed by atoms with Crippen LogP contribution >= 0.6 is 0 Å². The fourth-order valence-corrected chi connectivity index (χ4v) is 2.07. The smallest absolute Gasteiger partial charge is 0.325 e. The molecule has 0 atom stereocenters. The number of aromatic nitrogens is 2. The van der Waals surface area contributed by atoms with E-state index in [-0.39, 0.29) is 12.5 Å². The van der Waals surface area contributed by atoms with Crippen LogP contribution in [0.1, 0.15) is 19.4 Å². The highest BCUT2D eigenvalue weighted by Crippen LogP contribution is 2.26. The summed E-state index contributed by atoms with van der Waals surface area (Å²) in [5, 5.41) is 15.4. The Bertz CT molecular complexity index is 704. The Hall–Kier alpha value is -2.83. The van der Waals surface area contributed by atoms with Crippen molar-refractivity contribution >= 4 is 17.7 Å². The predicted octanol–water partition coefficient (Wildman–Crippen LogP) is 1.89. The van der Waals surface area contributed by atoms with E-state index >= 15 is 0 Å². The molecule has 1 aromatic heterocycles. The number of nitrogens with zero attached hydrogens (tertiary/aromatic N) is 2. The van der Waals surface area contributed by atoms with Crippen molar-refractivity contribution in [3.8, 4) is 5.75 Å². The number of aliphatic carboxylic acids is 1. The van der Waals surface area contributed by atoms with E-state index in [4.69, 9.17) is 9.84 Å². The van der Waals surface area contributed by atoms with Gasteiger partial charge in [-0.2, -0.15) is 5.10 Å². The highest BCUT2D eigenvalue weighted by atomic mass is 16.5. The highest BCUT2D eigenvalue weighted by Gasteiger charge is 2.30. The topological polar surface area (TPSA) is 93.5 Å². The van der Waals surface area contributed by atoms with Gasteiger partial charge in [0.25, 0.3) is 0 Å². The van der Waals surface area contributed by atoms with E-state index in [2.05, 4.69) is 10.4 Å². The minimum absolute atomic E-state index is 0.233. The number of hydrogen-bond acceptors (Lipinski definition) is 4. The summed E-state index contributed by atoms with van der Waals surface area (Å²) in [7, 11) is 1.58. The number of carbonyl (C=O) groups excluding carboxylic acids is 1. The molecule has 0 saturated carbocycles. The number of amides is 1. The van der Waals surface area contributed by atoms with Crippen molar-refractivity contribution in [3.63, 3.8) is 0 Å². The Balaban J connectivity index is 2.11. The van der Waals surface area contributed by atoms with Crippen LogP contribution in [0.2, 0.25) is 0 Å². The summed E-state index contributed by atoms with van der Waals surface area (Å²) in [6.07, 6.45) is 1.50. The monoisotopic (exact) mass is 317 g/mol. The largest absolute Gasteiger partial charge is 0.497 e. The van der Waals surface area contributed by atoms with Crippen LogP contribution in [0.3, 0.4) is 0 Å². The molecule has 2 rings (SSSR count). The van der Waals surface area contributed by atoms with Gasteiger partial charge in [0, 0.05) is 12.3 Å². The van der Waals surface area contributed by atoms with Gasteiger partial charge in [0.05, 0.1) is 12.5 Å². The molecule has 122 valence electrons. The molecule has 0 aliphatic carbocycles. The van der Waals surface area contributed by atoms with E-state index < -0.39 is 11.4 Å². The SMILES string of the molecule is COc1ccc(C(C)(C)C(=O)Nc2ccn(CC(=O)O)n2)cc1. The normalized spacial score (nSPS) is 11.1. The number of carbonyl (C=O) groups is 2. The lowest BCUT2D eigenvalue weighted by molar-refractivity contribution is -0.137. The number of carboxylic acids is 1. The second kappa shape index (κ2) is 6.51. The minimum Gasteiger partial charge on any atom is -0.497 e. The van der Waals surface area contributed by atoms with Gasteiger partial charge in [0.15, 0.2) is 5.82 Å². The van der Waals surface area contributed by atoms with Crippen molar-refractivity contribution in [2.24, 2.45) is 0 Å². The Morgan fingerprint density at radius 3 is 2.48 bits per heavy atom. The summed E-state index contributed by atoms with van der Waals surface area (Å²) in [5.74, 6) is -0.192. The average Bonchev–Trinajstić information content (AvgIpc) is 2.93. The summed E-state index contributed by atoms with van der Waals surface area (Å²) >= 11 is 0. The van der Waals surface area contributed by atoms with Gasteiger partial charge in [-0.25, -0.2) is 0 Å². The lowest BCUT2D eigenvalue weighted by atomic mass is 9.83. The molecule has 0 aliphatic heterocycles. The molecule has 0 fully saturated rings. The van der Waals surface area contributed by atoms with Crippen LogP contribution < -0.4 is 10.1 Å². The predicted molar refractivity (Wildman–Crippen MR) is 84.5 cm³/mol. The molecule has 2 aromatic rings. The zero-order valence-electron chi connectivity index (χ0n) is 13.2. The van der Waals surface area contributed by atoms with Crippen LogP contribution in [-0.2, 0) is 21.5 Å². The fraction of sp³-hybridized carbons (Fsp3) is 0.312. The molecule has 1 aromatic carbocycles. The summed E-state index contributed by atoms with van der Waals surface area (Å²) in [4.78, 5) is 23.2. The number of anilines is 1. The standard InChI is InChI=1S/C16H19N3O4/c1-16(2,11-4-6-12(23-3)7-5-11)15(22)17-13-8-9-19(18-13)10-14(20)21/h4-9H,10H2,1-3H3,(H,20,21)(H,17,18,22). The van der Waals surface area contributed by atoms with Crippen LogP contribution in [0.4, 0.5) is 5.82 Å². The molecule has 23 heavy (non-hydrogen) atoms. The van der Waals surface area contributed by atoms with Gasteiger partial charge in [-0.1, -0.05) is 12.1 Å². The summed E-state index contributed by atoms with van der Waals surface area (Å²) in [5.41, 5.74) is 0.0591. The molecule has 7 heteroatoms. The van der Waals surface area contributed by atoms with Gasteiger partial charge in [-0.15, -0.1) is 0 Å². The first-order valence-electron chi connectivity index (χ1n) is 7.04. The molecule has 2 N–H and O–H groups in total. The molecular weight excluding hydrogens is 298 g/mol. The number of methoxy groups -OCH3 is 1. The molecule has 0 radical (unpaired) electrons. The third-order valence-corrected chi connectivity index (χ3v) is 3.56. The highest BCUT2D eigenvalue weighted by molar-refractivity contribution is 5.97. The molecule has 0 unspecified atom stereocenters. The Morgan fingerprint density at radius 2 is 1.91 bits per heavy atom. The van der Waals surface area contributed by atoms with E-state index in [1.54, 1.807) is 39.2 Å². The lowest BCUT2D eigenvalue weighted by Gasteiger charge is -2.23. The molecule has 1 amide bonds. The maximum absolute atomic E-state index is 12.5. The quantitative estimate of drug-likeness (QED) is 0.848. The Morgan fingerprint density at radius 1 is 1.26 bits per heavy atom. The number of carboxylic acid groups (broad SMARTS) is 1. The van der Waals surface area contributed by atoms with Gasteiger partial charge >= 0.3 is 5.97 Å². The van der Waals surface area contributed by atoms with E-state index in [1.165, 1.54) is 10.9 Å². The Labute approximate surface area is 133 Å². The van der Waals surface area contributed by atoms with E-state index in [0.717, 1.165) is 11.3 Å². The molecule has 0 bridgehead atoms. The van der Waals surface area contributed by atoms with E-state index in [9.17, 15) is 9.59 Å². The van der Waals surface area contributed by atoms with Gasteiger partial charge < -0.3 is 15.2 Å². The zero-order chi connectivity index (χ0) is 17.0. The molecule has 0 spiro atoms. The van der Waals surface area contributed by atoms with Gasteiger partial charge in [0.1, 0.15) is 12.3 Å². The number of benzene rings is 1. The van der Waals surface area contributed by atoms with Gasteiger partial charge in [0.2, 0.25) is 5.91 Å². The van der Waals surface area contributed by atoms with Gasteiger partial charge in [-0.3, -0.25) is 14.3 Å². The summed E-state index contributed by atoms with van der Waals surface area (Å²) in [6, 6.07) is 8.83. The number of nitrogens with one attached hydrogen (secondary N) is 1. The zero-order valence-corrected chi connectivity index (χ0v) is 13.2. The molecule has 1 heterocycles. The van der Waals surface area contributed by atoms with Crippen molar-refractivity contribution in [1.29, 1.82) is 0 Å². The van der Waals surface area contributed by atoms with Crippen LogP contribution in [0.5, 0.6) is 5.75 Å². The van der Waals surface area contributed by atoms with E-state index in [1.807, 2.05) is 12.1 Å². The molecular formula is C16H19N3O4. The van der Waals surface area contributed by atoms with Crippen molar-refractivity contribution in [2.75, 3.05) is 12.4 Å². The van der Waals surface area contributed by atoms with Crippen LogP contribution in [0.25, 0.3) is 0 Å². The summed E-state index contributed by atoms with van der Waals surface area (Å²) in [6.45, 7) is 3.36. The van der Waals surface area contributed by atoms with Crippen molar-refractivity contribution in [3.05, 3.63) is 42.1 Å². The third-order valence-electron chi connectivity index (χ3n) is 3.56. The fourth-order valence-electron chi connectivity index (χ4n) is 2.07. The first-order chi connectivity index (χ1) is 10.8. The molecule has 7 nitrogen and oxygen atoms in total. The number of hydrogen-bond donors (Lipinski definition) is 2. The van der Waals surface area contributed by atoms with Crippen LogP contribution in [0, 0.1) is 0 Å². The second-order valence-electron chi connectivity index (χ2n) is 5.60. The first-order valence-corrected chi connectivity index (χ1v) is 7.04. The molecule has 0 aliphatic rings. The second-order valence-corrected chi connectivity index (χ2v) is 5.60. The minimum atomic E-state index is -0.996. The average molecular weight is 317 g/mol. The maximum Gasteiger partial charge on any atom is 0.325 e. The molecule has 0 saturated heterocycles. The van der Waals surface area contributed by atoms with Crippen molar-refractivity contribution < 1.29 is 19.4 Å². The number of rotatable bonds is 6. The van der Waals surface area contributed by atoms with E-state index in [0.29, 0.717) is 5.82 Å². The van der Waals surface area contributed by atoms with Crippen molar-refractivity contribution in [2.45, 2.75) is 25.8 Å². The lowest BCUT2D eigenvalue weighted by Crippen LogP contribution is -2.34. The van der Waals surface area contributed by atoms with Crippen LogP contribution in [-0.4, -0.2) is 33.9 Å². The Kier molecular flexibility index (Phi) is 4.68. The maximum atomic E-state index is 12.5. The number of ether oxygens (including phenoxy) is 1. The summed E-state index contributed by atoms with van der Waals surface area (Å²) < 4.78 is 6.36.